The van der Waals surface area contributed by atoms with E-state index in [-0.39, 0.29) is 0 Å². The van der Waals surface area contributed by atoms with Crippen LogP contribution in [0.3, 0.4) is 0 Å². The third-order valence-electron chi connectivity index (χ3n) is 4.22. The smallest absolute Gasteiger partial charge is 0.0414 e. The predicted molar refractivity (Wildman–Crippen MR) is 84.8 cm³/mol. The molecule has 1 aromatic rings. The van der Waals surface area contributed by atoms with Crippen LogP contribution in [0.25, 0.3) is 0 Å². The molecular weight excluding hydrogens is 252 g/mol. The summed E-state index contributed by atoms with van der Waals surface area (Å²) in [5, 5.41) is 6.08. The van der Waals surface area contributed by atoms with E-state index >= 15 is 0 Å². The highest BCUT2D eigenvalue weighted by molar-refractivity contribution is 7.10. The number of likely N-dealkylation sites (tertiary alicyclic amines) is 1. The van der Waals surface area contributed by atoms with Crippen molar-refractivity contribution in [3.63, 3.8) is 0 Å². The SMILES string of the molecule is CCC(NC1CCCN(C(C)C)CC1)c1cccs1. The van der Waals surface area contributed by atoms with Gasteiger partial charge in [-0.3, -0.25) is 0 Å². The van der Waals surface area contributed by atoms with E-state index in [1.807, 2.05) is 11.3 Å². The van der Waals surface area contributed by atoms with Crippen LogP contribution in [0.5, 0.6) is 0 Å². The first-order valence-corrected chi connectivity index (χ1v) is 8.62. The van der Waals surface area contributed by atoms with Gasteiger partial charge in [0.05, 0.1) is 0 Å². The van der Waals surface area contributed by atoms with E-state index in [0.717, 1.165) is 0 Å². The van der Waals surface area contributed by atoms with Crippen LogP contribution in [0.4, 0.5) is 0 Å². The van der Waals surface area contributed by atoms with Gasteiger partial charge in [0, 0.05) is 23.0 Å². The summed E-state index contributed by atoms with van der Waals surface area (Å²) >= 11 is 1.88. The molecule has 2 unspecified atom stereocenters. The van der Waals surface area contributed by atoms with Crippen molar-refractivity contribution in [3.8, 4) is 0 Å². The van der Waals surface area contributed by atoms with E-state index in [4.69, 9.17) is 0 Å². The zero-order valence-electron chi connectivity index (χ0n) is 12.6. The van der Waals surface area contributed by atoms with Crippen molar-refractivity contribution in [2.24, 2.45) is 0 Å². The van der Waals surface area contributed by atoms with Crippen LogP contribution in [0.15, 0.2) is 17.5 Å². The van der Waals surface area contributed by atoms with Crippen molar-refractivity contribution in [3.05, 3.63) is 22.4 Å². The third-order valence-corrected chi connectivity index (χ3v) is 5.21. The number of nitrogens with one attached hydrogen (secondary N) is 1. The molecule has 2 nitrogen and oxygen atoms in total. The summed E-state index contributed by atoms with van der Waals surface area (Å²) in [4.78, 5) is 4.11. The maximum Gasteiger partial charge on any atom is 0.0414 e. The van der Waals surface area contributed by atoms with Crippen molar-refractivity contribution in [1.82, 2.24) is 10.2 Å². The van der Waals surface area contributed by atoms with Gasteiger partial charge in [-0.1, -0.05) is 13.0 Å². The molecule has 0 saturated carbocycles. The van der Waals surface area contributed by atoms with E-state index in [2.05, 4.69) is 48.5 Å². The summed E-state index contributed by atoms with van der Waals surface area (Å²) in [6, 6.07) is 6.37. The Balaban J connectivity index is 1.88. The molecule has 2 atom stereocenters. The molecular formula is C16H28N2S. The predicted octanol–water partition coefficient (Wildman–Crippen LogP) is 4.05. The van der Waals surface area contributed by atoms with Gasteiger partial charge in [-0.15, -0.1) is 11.3 Å². The summed E-state index contributed by atoms with van der Waals surface area (Å²) < 4.78 is 0. The fraction of sp³-hybridized carbons (Fsp3) is 0.750. The molecule has 0 amide bonds. The van der Waals surface area contributed by atoms with Gasteiger partial charge in [0.2, 0.25) is 0 Å². The van der Waals surface area contributed by atoms with E-state index in [1.165, 1.54) is 43.6 Å². The van der Waals surface area contributed by atoms with Gasteiger partial charge in [0.15, 0.2) is 0 Å². The van der Waals surface area contributed by atoms with Crippen LogP contribution >= 0.6 is 11.3 Å². The first-order chi connectivity index (χ1) is 9.20. The van der Waals surface area contributed by atoms with Crippen LogP contribution in [0.2, 0.25) is 0 Å². The lowest BCUT2D eigenvalue weighted by Gasteiger charge is -2.25. The summed E-state index contributed by atoms with van der Waals surface area (Å²) in [6.07, 6.45) is 5.13. The number of hydrogen-bond donors (Lipinski definition) is 1. The molecule has 108 valence electrons. The largest absolute Gasteiger partial charge is 0.306 e. The van der Waals surface area contributed by atoms with Crippen LogP contribution in [0, 0.1) is 0 Å². The minimum atomic E-state index is 0.551. The molecule has 1 fully saturated rings. The summed E-state index contributed by atoms with van der Waals surface area (Å²) in [6.45, 7) is 9.43. The van der Waals surface area contributed by atoms with Gasteiger partial charge in [-0.25, -0.2) is 0 Å². The second-order valence-corrected chi connectivity index (χ2v) is 6.88. The maximum absolute atomic E-state index is 3.89. The Morgan fingerprint density at radius 1 is 1.37 bits per heavy atom. The van der Waals surface area contributed by atoms with Gasteiger partial charge < -0.3 is 10.2 Å². The van der Waals surface area contributed by atoms with Crippen LogP contribution in [-0.4, -0.2) is 30.1 Å². The molecule has 0 aromatic carbocycles. The molecule has 0 radical (unpaired) electrons. The highest BCUT2D eigenvalue weighted by atomic mass is 32.1. The Hall–Kier alpha value is -0.380. The maximum atomic E-state index is 3.89. The van der Waals surface area contributed by atoms with Gasteiger partial charge >= 0.3 is 0 Å². The van der Waals surface area contributed by atoms with Gasteiger partial charge in [0.1, 0.15) is 0 Å². The second-order valence-electron chi connectivity index (χ2n) is 5.90. The van der Waals surface area contributed by atoms with Gasteiger partial charge in [-0.2, -0.15) is 0 Å². The minimum Gasteiger partial charge on any atom is -0.306 e. The fourth-order valence-electron chi connectivity index (χ4n) is 2.98. The molecule has 2 rings (SSSR count). The normalized spacial score (nSPS) is 23.5. The number of hydrogen-bond acceptors (Lipinski definition) is 3. The first kappa shape index (κ1) is 15.0. The first-order valence-electron chi connectivity index (χ1n) is 7.74. The minimum absolute atomic E-state index is 0.551. The zero-order chi connectivity index (χ0) is 13.7. The Morgan fingerprint density at radius 2 is 2.21 bits per heavy atom. The van der Waals surface area contributed by atoms with E-state index in [1.54, 1.807) is 0 Å². The van der Waals surface area contributed by atoms with Gasteiger partial charge in [0.25, 0.3) is 0 Å². The lowest BCUT2D eigenvalue weighted by molar-refractivity contribution is 0.228. The molecule has 19 heavy (non-hydrogen) atoms. The molecule has 1 saturated heterocycles. The Bertz CT molecular complexity index is 348. The standard InChI is InChI=1S/C16H28N2S/c1-4-15(16-8-6-12-19-16)17-14-7-5-10-18(11-9-14)13(2)3/h6,8,12-15,17H,4-5,7,9-11H2,1-3H3. The Morgan fingerprint density at radius 3 is 2.84 bits per heavy atom. The summed E-state index contributed by atoms with van der Waals surface area (Å²) in [7, 11) is 0. The van der Waals surface area contributed by atoms with Crippen molar-refractivity contribution >= 4 is 11.3 Å². The molecule has 0 spiro atoms. The van der Waals surface area contributed by atoms with Crippen molar-refractivity contribution in [2.45, 2.75) is 64.6 Å². The molecule has 1 N–H and O–H groups in total. The van der Waals surface area contributed by atoms with Crippen molar-refractivity contribution in [1.29, 1.82) is 0 Å². The van der Waals surface area contributed by atoms with Crippen LogP contribution < -0.4 is 5.32 Å². The van der Waals surface area contributed by atoms with Crippen LogP contribution in [0.1, 0.15) is 57.4 Å². The van der Waals surface area contributed by atoms with Crippen molar-refractivity contribution in [2.75, 3.05) is 13.1 Å². The molecule has 2 heterocycles. The summed E-state index contributed by atoms with van der Waals surface area (Å²) in [5.74, 6) is 0. The van der Waals surface area contributed by atoms with Crippen LogP contribution in [-0.2, 0) is 0 Å². The topological polar surface area (TPSA) is 15.3 Å². The lowest BCUT2D eigenvalue weighted by atomic mass is 10.1. The third kappa shape index (κ3) is 4.30. The zero-order valence-corrected chi connectivity index (χ0v) is 13.4. The molecule has 3 heteroatoms. The highest BCUT2D eigenvalue weighted by Crippen LogP contribution is 2.24. The molecule has 1 aliphatic rings. The fourth-order valence-corrected chi connectivity index (χ4v) is 3.85. The summed E-state index contributed by atoms with van der Waals surface area (Å²) in [5.41, 5.74) is 0. The molecule has 1 aliphatic heterocycles. The van der Waals surface area contributed by atoms with E-state index in [9.17, 15) is 0 Å². The Labute approximate surface area is 122 Å². The molecule has 0 bridgehead atoms. The number of nitrogens with zero attached hydrogens (tertiary/aromatic N) is 1. The average Bonchev–Trinajstić information content (AvgIpc) is 2.82. The van der Waals surface area contributed by atoms with Crippen molar-refractivity contribution < 1.29 is 0 Å². The monoisotopic (exact) mass is 280 g/mol. The van der Waals surface area contributed by atoms with Gasteiger partial charge in [-0.05, 0) is 64.1 Å². The second kappa shape index (κ2) is 7.41. The Kier molecular flexibility index (Phi) is 5.86. The molecule has 0 aliphatic carbocycles. The highest BCUT2D eigenvalue weighted by Gasteiger charge is 2.21. The van der Waals surface area contributed by atoms with E-state index in [0.29, 0.717) is 18.1 Å². The van der Waals surface area contributed by atoms with E-state index < -0.39 is 0 Å². The number of rotatable bonds is 5. The quantitative estimate of drug-likeness (QED) is 0.875. The number of thiophene rings is 1. The lowest BCUT2D eigenvalue weighted by Crippen LogP contribution is -2.35. The average molecular weight is 280 g/mol. The molecule has 1 aromatic heterocycles.